The van der Waals surface area contributed by atoms with Crippen LogP contribution in [0.15, 0.2) is 18.2 Å². The number of nitrogens with one attached hydrogen (secondary N) is 1. The van der Waals surface area contributed by atoms with Crippen LogP contribution in [0.4, 0.5) is 14.5 Å². The van der Waals surface area contributed by atoms with Gasteiger partial charge in [0, 0.05) is 16.3 Å². The molecule has 1 heterocycles. The molecule has 0 unspecified atom stereocenters. The Balaban J connectivity index is 2.16. The Morgan fingerprint density at radius 1 is 1.26 bits per heavy atom. The fourth-order valence-electron chi connectivity index (χ4n) is 1.69. The molecule has 98 valence electrons. The van der Waals surface area contributed by atoms with E-state index in [4.69, 9.17) is 5.26 Å². The molecule has 2 aromatic rings. The average molecular weight is 278 g/mol. The Labute approximate surface area is 114 Å². The second kappa shape index (κ2) is 5.37. The Morgan fingerprint density at radius 3 is 2.58 bits per heavy atom. The molecule has 2 rings (SSSR count). The van der Waals surface area contributed by atoms with Gasteiger partial charge in [0.05, 0.1) is 11.3 Å². The van der Waals surface area contributed by atoms with E-state index in [0.29, 0.717) is 6.54 Å². The van der Waals surface area contributed by atoms with Crippen molar-refractivity contribution in [3.8, 4) is 6.07 Å². The molecule has 0 amide bonds. The molecule has 0 saturated heterocycles. The van der Waals surface area contributed by atoms with Crippen molar-refractivity contribution in [2.75, 3.05) is 5.32 Å². The summed E-state index contributed by atoms with van der Waals surface area (Å²) in [6.45, 7) is 4.46. The standard InChI is InChI=1S/C14H12F2N2S/c1-8-5-11(19-9(8)2)7-18-12-4-3-10(6-17)13(15)14(12)16/h3-5,18H,7H2,1-2H3. The number of nitrogens with zero attached hydrogens (tertiary/aromatic N) is 1. The van der Waals surface area contributed by atoms with Crippen LogP contribution in [0.25, 0.3) is 0 Å². The Hall–Kier alpha value is -1.93. The number of halogens is 2. The van der Waals surface area contributed by atoms with E-state index in [1.807, 2.05) is 19.9 Å². The molecule has 1 aromatic heterocycles. The Kier molecular flexibility index (Phi) is 3.82. The molecule has 0 aliphatic rings. The minimum Gasteiger partial charge on any atom is -0.378 e. The summed E-state index contributed by atoms with van der Waals surface area (Å²) in [6.07, 6.45) is 0. The van der Waals surface area contributed by atoms with Gasteiger partial charge in [0.2, 0.25) is 0 Å². The highest BCUT2D eigenvalue weighted by molar-refractivity contribution is 7.12. The fraction of sp³-hybridized carbons (Fsp3) is 0.214. The monoisotopic (exact) mass is 278 g/mol. The third kappa shape index (κ3) is 2.74. The third-order valence-corrected chi connectivity index (χ3v) is 4.03. The van der Waals surface area contributed by atoms with Gasteiger partial charge in [0.25, 0.3) is 0 Å². The van der Waals surface area contributed by atoms with Crippen LogP contribution < -0.4 is 5.32 Å². The summed E-state index contributed by atoms with van der Waals surface area (Å²) < 4.78 is 27.1. The van der Waals surface area contributed by atoms with Crippen molar-refractivity contribution in [3.63, 3.8) is 0 Å². The average Bonchev–Trinajstić information content (AvgIpc) is 2.71. The second-order valence-corrected chi connectivity index (χ2v) is 5.55. The molecule has 0 saturated carbocycles. The Morgan fingerprint density at radius 2 is 2.00 bits per heavy atom. The SMILES string of the molecule is Cc1cc(CNc2ccc(C#N)c(F)c2F)sc1C. The van der Waals surface area contributed by atoms with Gasteiger partial charge in [0.1, 0.15) is 6.07 Å². The van der Waals surface area contributed by atoms with Crippen molar-refractivity contribution in [2.45, 2.75) is 20.4 Å². The first-order valence-electron chi connectivity index (χ1n) is 5.70. The lowest BCUT2D eigenvalue weighted by Gasteiger charge is -2.07. The highest BCUT2D eigenvalue weighted by atomic mass is 32.1. The number of benzene rings is 1. The van der Waals surface area contributed by atoms with E-state index in [1.54, 1.807) is 17.4 Å². The maximum absolute atomic E-state index is 13.7. The summed E-state index contributed by atoms with van der Waals surface area (Å²) in [6, 6.07) is 6.27. The molecule has 1 aromatic carbocycles. The molecule has 0 aliphatic heterocycles. The molecule has 5 heteroatoms. The lowest BCUT2D eigenvalue weighted by Crippen LogP contribution is -2.02. The highest BCUT2D eigenvalue weighted by Crippen LogP contribution is 2.24. The van der Waals surface area contributed by atoms with Crippen LogP contribution in [-0.4, -0.2) is 0 Å². The highest BCUT2D eigenvalue weighted by Gasteiger charge is 2.13. The smallest absolute Gasteiger partial charge is 0.183 e. The number of aryl methyl sites for hydroxylation is 2. The molecule has 0 aliphatic carbocycles. The van der Waals surface area contributed by atoms with E-state index in [2.05, 4.69) is 5.32 Å². The summed E-state index contributed by atoms with van der Waals surface area (Å²) in [7, 11) is 0. The predicted octanol–water partition coefficient (Wildman–Crippen LogP) is 4.13. The minimum absolute atomic E-state index is 0.0696. The first-order valence-corrected chi connectivity index (χ1v) is 6.52. The number of thiophene rings is 1. The molecule has 0 spiro atoms. The van der Waals surface area contributed by atoms with Crippen LogP contribution in [0.5, 0.6) is 0 Å². The van der Waals surface area contributed by atoms with Crippen molar-refractivity contribution >= 4 is 17.0 Å². The normalized spacial score (nSPS) is 10.3. The first kappa shape index (κ1) is 13.5. The van der Waals surface area contributed by atoms with Gasteiger partial charge in [-0.05, 0) is 37.6 Å². The van der Waals surface area contributed by atoms with Crippen molar-refractivity contribution in [2.24, 2.45) is 0 Å². The third-order valence-electron chi connectivity index (χ3n) is 2.87. The van der Waals surface area contributed by atoms with Gasteiger partial charge in [0.15, 0.2) is 11.6 Å². The molecular weight excluding hydrogens is 266 g/mol. The number of hydrogen-bond acceptors (Lipinski definition) is 3. The number of hydrogen-bond donors (Lipinski definition) is 1. The summed E-state index contributed by atoms with van der Waals surface area (Å²) in [5.41, 5.74) is 0.972. The number of rotatable bonds is 3. The fourth-order valence-corrected chi connectivity index (χ4v) is 2.68. The van der Waals surface area contributed by atoms with E-state index in [0.717, 1.165) is 4.88 Å². The summed E-state index contributed by atoms with van der Waals surface area (Å²) >= 11 is 1.62. The molecule has 19 heavy (non-hydrogen) atoms. The number of nitriles is 1. The molecular formula is C14H12F2N2S. The van der Waals surface area contributed by atoms with E-state index < -0.39 is 11.6 Å². The largest absolute Gasteiger partial charge is 0.378 e. The molecule has 2 nitrogen and oxygen atoms in total. The molecule has 1 N–H and O–H groups in total. The van der Waals surface area contributed by atoms with Crippen LogP contribution in [0.2, 0.25) is 0 Å². The van der Waals surface area contributed by atoms with Crippen molar-refractivity contribution in [3.05, 3.63) is 50.7 Å². The van der Waals surface area contributed by atoms with Gasteiger partial charge < -0.3 is 5.32 Å². The van der Waals surface area contributed by atoms with E-state index in [-0.39, 0.29) is 11.3 Å². The van der Waals surface area contributed by atoms with Crippen LogP contribution in [0.3, 0.4) is 0 Å². The van der Waals surface area contributed by atoms with Crippen molar-refractivity contribution in [1.82, 2.24) is 0 Å². The second-order valence-electron chi connectivity index (χ2n) is 4.21. The van der Waals surface area contributed by atoms with Gasteiger partial charge in [-0.25, -0.2) is 8.78 Å². The van der Waals surface area contributed by atoms with E-state index in [9.17, 15) is 8.78 Å². The van der Waals surface area contributed by atoms with Gasteiger partial charge in [-0.1, -0.05) is 0 Å². The summed E-state index contributed by atoms with van der Waals surface area (Å²) in [5.74, 6) is -2.12. The maximum atomic E-state index is 13.7. The molecule has 0 bridgehead atoms. The topological polar surface area (TPSA) is 35.8 Å². The van der Waals surface area contributed by atoms with Gasteiger partial charge >= 0.3 is 0 Å². The van der Waals surface area contributed by atoms with Crippen molar-refractivity contribution < 1.29 is 8.78 Å². The predicted molar refractivity (Wildman–Crippen MR) is 72.2 cm³/mol. The molecule has 0 radical (unpaired) electrons. The zero-order valence-corrected chi connectivity index (χ0v) is 11.4. The molecule has 0 atom stereocenters. The zero-order chi connectivity index (χ0) is 14.0. The molecule has 0 fully saturated rings. The quantitative estimate of drug-likeness (QED) is 0.916. The van der Waals surface area contributed by atoms with Crippen LogP contribution in [0, 0.1) is 36.8 Å². The van der Waals surface area contributed by atoms with Crippen LogP contribution >= 0.6 is 11.3 Å². The van der Waals surface area contributed by atoms with E-state index >= 15 is 0 Å². The number of anilines is 1. The lowest BCUT2D eigenvalue weighted by atomic mass is 10.2. The van der Waals surface area contributed by atoms with Gasteiger partial charge in [-0.3, -0.25) is 0 Å². The summed E-state index contributed by atoms with van der Waals surface area (Å²) in [5, 5.41) is 11.4. The first-order chi connectivity index (χ1) is 9.02. The van der Waals surface area contributed by atoms with Gasteiger partial charge in [-0.2, -0.15) is 5.26 Å². The maximum Gasteiger partial charge on any atom is 0.183 e. The lowest BCUT2D eigenvalue weighted by molar-refractivity contribution is 0.508. The zero-order valence-electron chi connectivity index (χ0n) is 10.6. The van der Waals surface area contributed by atoms with Crippen LogP contribution in [-0.2, 0) is 6.54 Å². The summed E-state index contributed by atoms with van der Waals surface area (Å²) in [4.78, 5) is 2.27. The van der Waals surface area contributed by atoms with Crippen molar-refractivity contribution in [1.29, 1.82) is 5.26 Å². The van der Waals surface area contributed by atoms with E-state index in [1.165, 1.54) is 22.6 Å². The van der Waals surface area contributed by atoms with Gasteiger partial charge in [-0.15, -0.1) is 11.3 Å². The van der Waals surface area contributed by atoms with Crippen LogP contribution in [0.1, 0.15) is 20.9 Å². The minimum atomic E-state index is -1.11. The Bertz CT molecular complexity index is 637.